The van der Waals surface area contributed by atoms with Crippen LogP contribution < -0.4 is 5.73 Å². The number of carbonyl (C=O) groups excluding carboxylic acids is 1. The average Bonchev–Trinajstić information content (AvgIpc) is 2.38. The van der Waals surface area contributed by atoms with E-state index in [9.17, 15) is 4.79 Å². The summed E-state index contributed by atoms with van der Waals surface area (Å²) in [5.41, 5.74) is 5.85. The molecule has 2 fully saturated rings. The Bertz CT molecular complexity index is 269. The second kappa shape index (κ2) is 6.34. The third kappa shape index (κ3) is 3.12. The highest BCUT2D eigenvalue weighted by Gasteiger charge is 2.35. The Morgan fingerprint density at radius 1 is 1.47 bits per heavy atom. The Hall–Kier alpha value is 0.130. The molecule has 2 N–H and O–H groups in total. The Balaban J connectivity index is 2.00. The van der Waals surface area contributed by atoms with Gasteiger partial charge in [-0.25, -0.2) is 0 Å². The molecule has 0 aromatic rings. The second-order valence-corrected chi connectivity index (χ2v) is 7.35. The molecule has 5 heteroatoms. The lowest BCUT2D eigenvalue weighted by molar-refractivity contribution is -0.135. The first-order valence-corrected chi connectivity index (χ1v) is 8.64. The lowest BCUT2D eigenvalue weighted by atomic mass is 9.90. The zero-order valence-corrected chi connectivity index (χ0v) is 12.1. The van der Waals surface area contributed by atoms with Gasteiger partial charge in [0.2, 0.25) is 5.91 Å². The van der Waals surface area contributed by atoms with Gasteiger partial charge in [0.05, 0.1) is 5.25 Å². The number of nitrogens with zero attached hydrogens (tertiary/aromatic N) is 1. The summed E-state index contributed by atoms with van der Waals surface area (Å²) in [6.07, 6.45) is 2.34. The Kier molecular flexibility index (Phi) is 5.06. The number of piperidine rings is 1. The van der Waals surface area contributed by atoms with Crippen LogP contribution in [0.5, 0.6) is 0 Å². The van der Waals surface area contributed by atoms with Gasteiger partial charge in [-0.05, 0) is 18.8 Å². The molecule has 0 spiro atoms. The van der Waals surface area contributed by atoms with Gasteiger partial charge in [0.15, 0.2) is 0 Å². The number of hydrogen-bond acceptors (Lipinski definition) is 4. The van der Waals surface area contributed by atoms with Gasteiger partial charge in [-0.1, -0.05) is 6.92 Å². The number of likely N-dealkylation sites (tertiary alicyclic amines) is 1. The molecule has 0 radical (unpaired) electrons. The molecule has 0 bridgehead atoms. The van der Waals surface area contributed by atoms with E-state index < -0.39 is 0 Å². The zero-order chi connectivity index (χ0) is 12.3. The number of hydrogen-bond donors (Lipinski definition) is 1. The van der Waals surface area contributed by atoms with Gasteiger partial charge in [0, 0.05) is 36.4 Å². The van der Waals surface area contributed by atoms with E-state index in [4.69, 9.17) is 5.73 Å². The van der Waals surface area contributed by atoms with Crippen LogP contribution in [0.2, 0.25) is 0 Å². The van der Waals surface area contributed by atoms with Crippen LogP contribution in [0.15, 0.2) is 0 Å². The molecule has 2 heterocycles. The van der Waals surface area contributed by atoms with E-state index in [1.54, 1.807) is 0 Å². The summed E-state index contributed by atoms with van der Waals surface area (Å²) < 4.78 is 0. The summed E-state index contributed by atoms with van der Waals surface area (Å²) in [6, 6.07) is 0.267. The van der Waals surface area contributed by atoms with Crippen LogP contribution in [0.25, 0.3) is 0 Å². The second-order valence-electron chi connectivity index (χ2n) is 4.89. The normalized spacial score (nSPS) is 34.7. The summed E-state index contributed by atoms with van der Waals surface area (Å²) in [7, 11) is 0. The monoisotopic (exact) mass is 274 g/mol. The van der Waals surface area contributed by atoms with E-state index in [-0.39, 0.29) is 11.3 Å². The van der Waals surface area contributed by atoms with Gasteiger partial charge >= 0.3 is 0 Å². The van der Waals surface area contributed by atoms with E-state index in [1.807, 2.05) is 23.5 Å². The molecule has 0 saturated carbocycles. The van der Waals surface area contributed by atoms with Crippen molar-refractivity contribution in [1.82, 2.24) is 4.90 Å². The first kappa shape index (κ1) is 13.6. The highest BCUT2D eigenvalue weighted by molar-refractivity contribution is 8.07. The number of rotatable bonds is 2. The van der Waals surface area contributed by atoms with E-state index in [0.29, 0.717) is 18.4 Å². The van der Waals surface area contributed by atoms with Crippen molar-refractivity contribution in [2.24, 2.45) is 11.7 Å². The summed E-state index contributed by atoms with van der Waals surface area (Å²) in [5, 5.41) is 0.174. The highest BCUT2D eigenvalue weighted by Crippen LogP contribution is 2.29. The molecule has 3 unspecified atom stereocenters. The lowest BCUT2D eigenvalue weighted by Gasteiger charge is -2.41. The van der Waals surface area contributed by atoms with Crippen LogP contribution in [0, 0.1) is 5.92 Å². The summed E-state index contributed by atoms with van der Waals surface area (Å²) >= 11 is 3.73. The molecule has 3 nitrogen and oxygen atoms in total. The van der Waals surface area contributed by atoms with Crippen molar-refractivity contribution < 1.29 is 4.79 Å². The first-order valence-electron chi connectivity index (χ1n) is 6.44. The van der Waals surface area contributed by atoms with E-state index in [2.05, 4.69) is 11.8 Å². The van der Waals surface area contributed by atoms with Gasteiger partial charge in [-0.2, -0.15) is 11.8 Å². The van der Waals surface area contributed by atoms with Crippen molar-refractivity contribution in [3.05, 3.63) is 0 Å². The maximum atomic E-state index is 12.5. The predicted octanol–water partition coefficient (Wildman–Crippen LogP) is 1.42. The molecule has 2 aliphatic heterocycles. The average molecular weight is 274 g/mol. The minimum absolute atomic E-state index is 0.174. The van der Waals surface area contributed by atoms with Crippen LogP contribution in [0.1, 0.15) is 19.8 Å². The molecule has 0 aliphatic carbocycles. The van der Waals surface area contributed by atoms with Gasteiger partial charge in [-0.15, -0.1) is 11.8 Å². The fourth-order valence-corrected chi connectivity index (χ4v) is 5.31. The van der Waals surface area contributed by atoms with E-state index >= 15 is 0 Å². The van der Waals surface area contributed by atoms with Crippen molar-refractivity contribution in [2.75, 3.05) is 30.3 Å². The van der Waals surface area contributed by atoms with Crippen LogP contribution in [0.3, 0.4) is 0 Å². The number of nitrogens with two attached hydrogens (primary N) is 1. The SMILES string of the molecule is CC1CCCN(C(=O)C2CSCCS2)C1CN. The minimum Gasteiger partial charge on any atom is -0.337 e. The third-order valence-electron chi connectivity index (χ3n) is 3.73. The molecule has 2 saturated heterocycles. The van der Waals surface area contributed by atoms with Crippen molar-refractivity contribution in [1.29, 1.82) is 0 Å². The molecular weight excluding hydrogens is 252 g/mol. The molecule has 17 heavy (non-hydrogen) atoms. The number of carbonyl (C=O) groups is 1. The molecule has 1 amide bonds. The third-order valence-corrected chi connectivity index (χ3v) is 6.47. The van der Waals surface area contributed by atoms with Crippen LogP contribution in [-0.4, -0.2) is 52.4 Å². The fraction of sp³-hybridized carbons (Fsp3) is 0.917. The summed E-state index contributed by atoms with van der Waals surface area (Å²) in [5.74, 6) is 4.16. The van der Waals surface area contributed by atoms with Gasteiger partial charge in [-0.3, -0.25) is 4.79 Å². The number of thioether (sulfide) groups is 2. The Morgan fingerprint density at radius 3 is 2.94 bits per heavy atom. The summed E-state index contributed by atoms with van der Waals surface area (Å²) in [6.45, 7) is 3.74. The van der Waals surface area contributed by atoms with Gasteiger partial charge in [0.1, 0.15) is 0 Å². The molecule has 98 valence electrons. The standard InChI is InChI=1S/C12H22N2OS2/c1-9-3-2-4-14(10(9)7-13)12(15)11-8-16-5-6-17-11/h9-11H,2-8,13H2,1H3. The lowest BCUT2D eigenvalue weighted by Crippen LogP contribution is -2.54. The minimum atomic E-state index is 0.174. The van der Waals surface area contributed by atoms with Crippen molar-refractivity contribution >= 4 is 29.4 Å². The highest BCUT2D eigenvalue weighted by atomic mass is 32.2. The first-order chi connectivity index (χ1) is 8.24. The molecule has 2 rings (SSSR count). The maximum absolute atomic E-state index is 12.5. The number of amides is 1. The Morgan fingerprint density at radius 2 is 2.29 bits per heavy atom. The van der Waals surface area contributed by atoms with E-state index in [1.165, 1.54) is 12.2 Å². The molecule has 2 aliphatic rings. The van der Waals surface area contributed by atoms with Crippen molar-refractivity contribution in [2.45, 2.75) is 31.1 Å². The van der Waals surface area contributed by atoms with Crippen LogP contribution >= 0.6 is 23.5 Å². The maximum Gasteiger partial charge on any atom is 0.236 e. The molecule has 0 aromatic carbocycles. The smallest absolute Gasteiger partial charge is 0.236 e. The summed E-state index contributed by atoms with van der Waals surface area (Å²) in [4.78, 5) is 14.6. The molecule has 0 aromatic heterocycles. The van der Waals surface area contributed by atoms with Crippen LogP contribution in [-0.2, 0) is 4.79 Å². The quantitative estimate of drug-likeness (QED) is 0.827. The fourth-order valence-electron chi connectivity index (χ4n) is 2.70. The molecular formula is C12H22N2OS2. The zero-order valence-electron chi connectivity index (χ0n) is 10.4. The van der Waals surface area contributed by atoms with Crippen LogP contribution in [0.4, 0.5) is 0 Å². The topological polar surface area (TPSA) is 46.3 Å². The predicted molar refractivity (Wildman–Crippen MR) is 76.5 cm³/mol. The van der Waals surface area contributed by atoms with Gasteiger partial charge in [0.25, 0.3) is 0 Å². The van der Waals surface area contributed by atoms with Crippen molar-refractivity contribution in [3.63, 3.8) is 0 Å². The van der Waals surface area contributed by atoms with E-state index in [0.717, 1.165) is 24.5 Å². The van der Waals surface area contributed by atoms with Gasteiger partial charge < -0.3 is 10.6 Å². The van der Waals surface area contributed by atoms with Crippen molar-refractivity contribution in [3.8, 4) is 0 Å². The Labute approximate surface area is 112 Å². The largest absolute Gasteiger partial charge is 0.337 e. The molecule has 3 atom stereocenters.